The molecule has 0 saturated carbocycles. The second-order valence-corrected chi connectivity index (χ2v) is 7.08. The highest BCUT2D eigenvalue weighted by Crippen LogP contribution is 2.41. The molecule has 134 valence electrons. The van der Waals surface area contributed by atoms with Crippen LogP contribution in [-0.4, -0.2) is 46.3 Å². The molecular weight excluding hydrogens is 328 g/mol. The van der Waals surface area contributed by atoms with E-state index in [9.17, 15) is 9.59 Å². The van der Waals surface area contributed by atoms with Crippen LogP contribution in [0.2, 0.25) is 0 Å². The fourth-order valence-corrected chi connectivity index (χ4v) is 4.16. The van der Waals surface area contributed by atoms with Crippen molar-refractivity contribution in [2.75, 3.05) is 24.5 Å². The molecule has 26 heavy (non-hydrogen) atoms. The first-order valence-corrected chi connectivity index (χ1v) is 9.13. The minimum Gasteiger partial charge on any atom is -0.335 e. The lowest BCUT2D eigenvalue weighted by Crippen LogP contribution is -2.57. The maximum absolute atomic E-state index is 13.4. The highest BCUT2D eigenvalue weighted by Gasteiger charge is 2.47. The molecule has 2 fully saturated rings. The maximum atomic E-state index is 13.4. The van der Waals surface area contributed by atoms with Crippen molar-refractivity contribution < 1.29 is 9.59 Å². The average molecular weight is 350 g/mol. The molecule has 1 aromatic carbocycles. The van der Waals surface area contributed by atoms with Crippen molar-refractivity contribution in [3.05, 3.63) is 54.6 Å². The highest BCUT2D eigenvalue weighted by molar-refractivity contribution is 5.99. The van der Waals surface area contributed by atoms with E-state index in [4.69, 9.17) is 0 Å². The van der Waals surface area contributed by atoms with E-state index in [2.05, 4.69) is 9.97 Å². The number of hydrogen-bond acceptors (Lipinski definition) is 4. The molecule has 2 aromatic rings. The van der Waals surface area contributed by atoms with Crippen LogP contribution in [0, 0.1) is 5.41 Å². The topological polar surface area (TPSA) is 66.4 Å². The molecule has 2 saturated heterocycles. The third-order valence-corrected chi connectivity index (χ3v) is 5.42. The van der Waals surface area contributed by atoms with Gasteiger partial charge in [-0.3, -0.25) is 9.59 Å². The van der Waals surface area contributed by atoms with Gasteiger partial charge in [0.15, 0.2) is 0 Å². The Kier molecular flexibility index (Phi) is 4.41. The fraction of sp³-hybridized carbons (Fsp3) is 0.400. The minimum absolute atomic E-state index is 0.140. The smallest absolute Gasteiger partial charge is 0.291 e. The number of rotatable bonds is 2. The Bertz CT molecular complexity index is 792. The predicted molar refractivity (Wildman–Crippen MR) is 97.6 cm³/mol. The van der Waals surface area contributed by atoms with E-state index < -0.39 is 5.41 Å². The Labute approximate surface area is 152 Å². The molecule has 1 aromatic heterocycles. The quantitative estimate of drug-likeness (QED) is 0.835. The van der Waals surface area contributed by atoms with Crippen molar-refractivity contribution in [1.82, 2.24) is 14.9 Å². The first kappa shape index (κ1) is 16.7. The van der Waals surface area contributed by atoms with E-state index in [-0.39, 0.29) is 17.6 Å². The van der Waals surface area contributed by atoms with Gasteiger partial charge in [-0.1, -0.05) is 18.2 Å². The van der Waals surface area contributed by atoms with Crippen molar-refractivity contribution in [1.29, 1.82) is 0 Å². The summed E-state index contributed by atoms with van der Waals surface area (Å²) in [7, 11) is 0. The van der Waals surface area contributed by atoms with Crippen molar-refractivity contribution in [2.45, 2.75) is 25.7 Å². The molecule has 0 bridgehead atoms. The van der Waals surface area contributed by atoms with Gasteiger partial charge in [-0.05, 0) is 43.9 Å². The number of anilines is 1. The first-order chi connectivity index (χ1) is 12.7. The molecule has 6 nitrogen and oxygen atoms in total. The van der Waals surface area contributed by atoms with Gasteiger partial charge in [-0.2, -0.15) is 0 Å². The third kappa shape index (κ3) is 2.96. The van der Waals surface area contributed by atoms with Gasteiger partial charge in [0.1, 0.15) is 0 Å². The Morgan fingerprint density at radius 2 is 1.65 bits per heavy atom. The zero-order valence-electron chi connectivity index (χ0n) is 14.7. The number of hydrogen-bond donors (Lipinski definition) is 0. The van der Waals surface area contributed by atoms with E-state index >= 15 is 0 Å². The highest BCUT2D eigenvalue weighted by atomic mass is 16.2. The van der Waals surface area contributed by atoms with Crippen LogP contribution in [0.4, 0.5) is 5.69 Å². The lowest BCUT2D eigenvalue weighted by Gasteiger charge is -2.47. The zero-order valence-corrected chi connectivity index (χ0v) is 14.7. The summed E-state index contributed by atoms with van der Waals surface area (Å²) in [6, 6.07) is 11.5. The third-order valence-electron chi connectivity index (χ3n) is 5.42. The van der Waals surface area contributed by atoms with Crippen molar-refractivity contribution in [2.24, 2.45) is 5.41 Å². The summed E-state index contributed by atoms with van der Waals surface area (Å²) in [6.07, 6.45) is 6.58. The van der Waals surface area contributed by atoms with Gasteiger partial charge in [0.2, 0.25) is 11.7 Å². The molecular formula is C20H22N4O2. The summed E-state index contributed by atoms with van der Waals surface area (Å²) < 4.78 is 0. The molecule has 1 atom stereocenters. The monoisotopic (exact) mass is 350 g/mol. The van der Waals surface area contributed by atoms with Crippen molar-refractivity contribution >= 4 is 17.5 Å². The number of nitrogens with zero attached hydrogens (tertiary/aromatic N) is 4. The molecule has 2 aliphatic heterocycles. The molecule has 4 rings (SSSR count). The SMILES string of the molecule is O=C(c1ncccn1)N1CCCC2(CCCN(c3ccccc3)C2=O)C1. The standard InChI is InChI=1S/C20H22N4O2/c25-18(17-21-11-6-12-22-17)23-13-4-9-20(15-23)10-5-14-24(19(20)26)16-7-2-1-3-8-16/h1-3,6-8,11-12H,4-5,9-10,13-15H2. The number of carbonyl (C=O) groups excluding carboxylic acids is 2. The normalized spacial score (nSPS) is 23.3. The molecule has 2 aliphatic rings. The maximum Gasteiger partial charge on any atom is 0.291 e. The second kappa shape index (κ2) is 6.86. The van der Waals surface area contributed by atoms with Crippen LogP contribution < -0.4 is 4.90 Å². The van der Waals surface area contributed by atoms with Crippen LogP contribution in [0.1, 0.15) is 36.3 Å². The van der Waals surface area contributed by atoms with Gasteiger partial charge in [0.25, 0.3) is 5.91 Å². The first-order valence-electron chi connectivity index (χ1n) is 9.13. The Hall–Kier alpha value is -2.76. The van der Waals surface area contributed by atoms with E-state index in [1.807, 2.05) is 35.2 Å². The van der Waals surface area contributed by atoms with Gasteiger partial charge in [-0.15, -0.1) is 0 Å². The summed E-state index contributed by atoms with van der Waals surface area (Å²) in [5.41, 5.74) is 0.447. The van der Waals surface area contributed by atoms with Crippen LogP contribution in [0.5, 0.6) is 0 Å². The average Bonchev–Trinajstić information content (AvgIpc) is 2.71. The molecule has 3 heterocycles. The Balaban J connectivity index is 1.57. The second-order valence-electron chi connectivity index (χ2n) is 7.08. The van der Waals surface area contributed by atoms with E-state index in [1.54, 1.807) is 23.4 Å². The number of aromatic nitrogens is 2. The predicted octanol–water partition coefficient (Wildman–Crippen LogP) is 2.53. The van der Waals surface area contributed by atoms with E-state index in [1.165, 1.54) is 0 Å². The molecule has 0 radical (unpaired) electrons. The molecule has 0 N–H and O–H groups in total. The van der Waals surface area contributed by atoms with Crippen LogP contribution in [0.15, 0.2) is 48.8 Å². The number of amides is 2. The number of para-hydroxylation sites is 1. The summed E-state index contributed by atoms with van der Waals surface area (Å²) >= 11 is 0. The van der Waals surface area contributed by atoms with Gasteiger partial charge in [-0.25, -0.2) is 9.97 Å². The molecule has 6 heteroatoms. The summed E-state index contributed by atoms with van der Waals surface area (Å²) in [5, 5.41) is 0. The lowest BCUT2D eigenvalue weighted by atomic mass is 9.72. The Morgan fingerprint density at radius 3 is 2.38 bits per heavy atom. The van der Waals surface area contributed by atoms with Crippen LogP contribution in [0.3, 0.4) is 0 Å². The van der Waals surface area contributed by atoms with Crippen molar-refractivity contribution in [3.8, 4) is 0 Å². The van der Waals surface area contributed by atoms with Gasteiger partial charge >= 0.3 is 0 Å². The largest absolute Gasteiger partial charge is 0.335 e. The van der Waals surface area contributed by atoms with Crippen LogP contribution in [-0.2, 0) is 4.79 Å². The summed E-state index contributed by atoms with van der Waals surface area (Å²) in [4.78, 5) is 37.9. The number of likely N-dealkylation sites (tertiary alicyclic amines) is 1. The van der Waals surface area contributed by atoms with Gasteiger partial charge in [0.05, 0.1) is 5.41 Å². The summed E-state index contributed by atoms with van der Waals surface area (Å²) in [5.74, 6) is 0.156. The fourth-order valence-electron chi connectivity index (χ4n) is 4.16. The molecule has 1 spiro atoms. The number of piperidine rings is 2. The number of benzene rings is 1. The van der Waals surface area contributed by atoms with Gasteiger partial charge < -0.3 is 9.80 Å². The zero-order chi connectivity index (χ0) is 18.0. The van der Waals surface area contributed by atoms with E-state index in [0.29, 0.717) is 13.1 Å². The number of carbonyl (C=O) groups is 2. The van der Waals surface area contributed by atoms with Crippen LogP contribution in [0.25, 0.3) is 0 Å². The summed E-state index contributed by atoms with van der Waals surface area (Å²) in [6.45, 7) is 1.84. The lowest BCUT2D eigenvalue weighted by molar-refractivity contribution is -0.133. The van der Waals surface area contributed by atoms with Crippen LogP contribution >= 0.6 is 0 Å². The Morgan fingerprint density at radius 1 is 0.962 bits per heavy atom. The molecule has 2 amide bonds. The molecule has 1 unspecified atom stereocenters. The van der Waals surface area contributed by atoms with Crippen molar-refractivity contribution in [3.63, 3.8) is 0 Å². The van der Waals surface area contributed by atoms with E-state index in [0.717, 1.165) is 37.9 Å². The van der Waals surface area contributed by atoms with Gasteiger partial charge in [0, 0.05) is 37.7 Å². The minimum atomic E-state index is -0.489. The molecule has 0 aliphatic carbocycles.